The number of hydrogen-bond acceptors (Lipinski definition) is 5. The molecule has 0 aromatic heterocycles. The molecule has 0 aromatic carbocycles. The van der Waals surface area contributed by atoms with Gasteiger partial charge in [0.25, 0.3) is 0 Å². The standard InChI is InChI=1S/C15H28N2O4/c1-4-20-15(19)10-17(9-12(2)3)14(18)11-21-13-5-7-16-8-6-13/h12-13,16H,4-11H2,1-3H3. The molecule has 6 nitrogen and oxygen atoms in total. The van der Waals surface area contributed by atoms with Crippen LogP contribution in [0.5, 0.6) is 0 Å². The number of carbonyl (C=O) groups is 2. The second kappa shape index (κ2) is 9.73. The van der Waals surface area contributed by atoms with Crippen LogP contribution in [0.4, 0.5) is 0 Å². The minimum atomic E-state index is -0.367. The van der Waals surface area contributed by atoms with Crippen molar-refractivity contribution in [2.24, 2.45) is 5.92 Å². The van der Waals surface area contributed by atoms with Gasteiger partial charge in [-0.1, -0.05) is 13.8 Å². The Labute approximate surface area is 127 Å². The molecule has 1 heterocycles. The summed E-state index contributed by atoms with van der Waals surface area (Å²) in [5.74, 6) is -0.217. The van der Waals surface area contributed by atoms with Crippen LogP contribution in [0.25, 0.3) is 0 Å². The van der Waals surface area contributed by atoms with E-state index in [9.17, 15) is 9.59 Å². The molecule has 0 saturated carbocycles. The van der Waals surface area contributed by atoms with Gasteiger partial charge in [0, 0.05) is 6.54 Å². The monoisotopic (exact) mass is 300 g/mol. The highest BCUT2D eigenvalue weighted by Crippen LogP contribution is 2.08. The molecule has 1 fully saturated rings. The van der Waals surface area contributed by atoms with Gasteiger partial charge in [-0.3, -0.25) is 9.59 Å². The SMILES string of the molecule is CCOC(=O)CN(CC(C)C)C(=O)COC1CCNCC1. The Morgan fingerprint density at radius 3 is 2.52 bits per heavy atom. The fraction of sp³-hybridized carbons (Fsp3) is 0.867. The van der Waals surface area contributed by atoms with E-state index in [0.717, 1.165) is 25.9 Å². The van der Waals surface area contributed by atoms with Crippen LogP contribution in [-0.4, -0.2) is 62.3 Å². The Bertz CT molecular complexity index is 328. The first-order valence-electron chi connectivity index (χ1n) is 7.78. The van der Waals surface area contributed by atoms with Gasteiger partial charge in [0.15, 0.2) is 0 Å². The Morgan fingerprint density at radius 1 is 1.29 bits per heavy atom. The first-order valence-corrected chi connectivity index (χ1v) is 7.78. The minimum absolute atomic E-state index is 0.000432. The lowest BCUT2D eigenvalue weighted by Gasteiger charge is -2.26. The van der Waals surface area contributed by atoms with Gasteiger partial charge in [0.2, 0.25) is 5.91 Å². The van der Waals surface area contributed by atoms with E-state index in [1.54, 1.807) is 6.92 Å². The van der Waals surface area contributed by atoms with Gasteiger partial charge < -0.3 is 19.7 Å². The molecule has 1 saturated heterocycles. The third-order valence-corrected chi connectivity index (χ3v) is 3.29. The van der Waals surface area contributed by atoms with Crippen LogP contribution in [0.3, 0.4) is 0 Å². The van der Waals surface area contributed by atoms with E-state index in [4.69, 9.17) is 9.47 Å². The molecule has 1 N–H and O–H groups in total. The van der Waals surface area contributed by atoms with Crippen molar-refractivity contribution in [3.8, 4) is 0 Å². The van der Waals surface area contributed by atoms with E-state index in [1.807, 2.05) is 13.8 Å². The number of amides is 1. The first-order chi connectivity index (χ1) is 10.0. The zero-order valence-corrected chi connectivity index (χ0v) is 13.4. The van der Waals surface area contributed by atoms with Crippen LogP contribution in [0, 0.1) is 5.92 Å². The Balaban J connectivity index is 2.43. The third kappa shape index (κ3) is 7.43. The summed E-state index contributed by atoms with van der Waals surface area (Å²) < 4.78 is 10.6. The van der Waals surface area contributed by atoms with Crippen LogP contribution in [0.2, 0.25) is 0 Å². The number of hydrogen-bond donors (Lipinski definition) is 1. The van der Waals surface area contributed by atoms with Crippen molar-refractivity contribution in [3.63, 3.8) is 0 Å². The maximum absolute atomic E-state index is 12.2. The molecular weight excluding hydrogens is 272 g/mol. The Hall–Kier alpha value is -1.14. The van der Waals surface area contributed by atoms with Crippen molar-refractivity contribution in [1.82, 2.24) is 10.2 Å². The maximum Gasteiger partial charge on any atom is 0.325 e. The van der Waals surface area contributed by atoms with Gasteiger partial charge in [-0.25, -0.2) is 0 Å². The number of rotatable bonds is 8. The number of nitrogens with zero attached hydrogens (tertiary/aromatic N) is 1. The van der Waals surface area contributed by atoms with E-state index in [1.165, 1.54) is 4.90 Å². The van der Waals surface area contributed by atoms with E-state index in [2.05, 4.69) is 5.32 Å². The molecule has 0 aromatic rings. The van der Waals surface area contributed by atoms with Crippen molar-refractivity contribution in [2.45, 2.75) is 39.7 Å². The average Bonchev–Trinajstić information content (AvgIpc) is 2.45. The van der Waals surface area contributed by atoms with E-state index in [0.29, 0.717) is 19.1 Å². The summed E-state index contributed by atoms with van der Waals surface area (Å²) in [4.78, 5) is 25.4. The quantitative estimate of drug-likeness (QED) is 0.672. The highest BCUT2D eigenvalue weighted by atomic mass is 16.5. The van der Waals surface area contributed by atoms with Crippen molar-refractivity contribution in [1.29, 1.82) is 0 Å². The Kier molecular flexibility index (Phi) is 8.30. The molecule has 0 atom stereocenters. The fourth-order valence-electron chi connectivity index (χ4n) is 2.30. The highest BCUT2D eigenvalue weighted by molar-refractivity contribution is 5.82. The summed E-state index contributed by atoms with van der Waals surface area (Å²) >= 11 is 0. The number of piperidine rings is 1. The molecule has 0 aliphatic carbocycles. The van der Waals surface area contributed by atoms with Crippen LogP contribution in [-0.2, 0) is 19.1 Å². The number of esters is 1. The summed E-state index contributed by atoms with van der Waals surface area (Å²) in [6.07, 6.45) is 1.99. The first kappa shape index (κ1) is 17.9. The highest BCUT2D eigenvalue weighted by Gasteiger charge is 2.21. The second-order valence-corrected chi connectivity index (χ2v) is 5.73. The number of ether oxygens (including phenoxy) is 2. The number of carbonyl (C=O) groups excluding carboxylic acids is 2. The summed E-state index contributed by atoms with van der Waals surface area (Å²) in [5, 5.41) is 3.25. The lowest BCUT2D eigenvalue weighted by Crippen LogP contribution is -2.42. The van der Waals surface area contributed by atoms with E-state index >= 15 is 0 Å². The Morgan fingerprint density at radius 2 is 1.95 bits per heavy atom. The molecule has 6 heteroatoms. The molecule has 1 amide bonds. The molecule has 122 valence electrons. The van der Waals surface area contributed by atoms with Crippen LogP contribution < -0.4 is 5.32 Å². The molecule has 21 heavy (non-hydrogen) atoms. The lowest BCUT2D eigenvalue weighted by atomic mass is 10.1. The van der Waals surface area contributed by atoms with Gasteiger partial charge in [0.1, 0.15) is 13.2 Å². The smallest absolute Gasteiger partial charge is 0.325 e. The van der Waals surface area contributed by atoms with E-state index < -0.39 is 0 Å². The summed E-state index contributed by atoms with van der Waals surface area (Å²) in [5.41, 5.74) is 0. The summed E-state index contributed by atoms with van der Waals surface area (Å²) in [6, 6.07) is 0. The van der Waals surface area contributed by atoms with E-state index in [-0.39, 0.29) is 31.1 Å². The van der Waals surface area contributed by atoms with Gasteiger partial charge in [-0.05, 0) is 38.8 Å². The molecule has 0 spiro atoms. The molecule has 1 aliphatic heterocycles. The van der Waals surface area contributed by atoms with Crippen LogP contribution >= 0.6 is 0 Å². The zero-order chi connectivity index (χ0) is 15.7. The predicted molar refractivity (Wildman–Crippen MR) is 79.9 cm³/mol. The number of nitrogens with one attached hydrogen (secondary N) is 1. The summed E-state index contributed by atoms with van der Waals surface area (Å²) in [7, 11) is 0. The van der Waals surface area contributed by atoms with Crippen molar-refractivity contribution in [3.05, 3.63) is 0 Å². The largest absolute Gasteiger partial charge is 0.465 e. The molecule has 0 unspecified atom stereocenters. The molecule has 0 bridgehead atoms. The zero-order valence-electron chi connectivity index (χ0n) is 13.4. The van der Waals surface area contributed by atoms with Crippen molar-refractivity contribution < 1.29 is 19.1 Å². The topological polar surface area (TPSA) is 67.9 Å². The normalized spacial score (nSPS) is 16.0. The summed E-state index contributed by atoms with van der Waals surface area (Å²) in [6.45, 7) is 8.54. The average molecular weight is 300 g/mol. The minimum Gasteiger partial charge on any atom is -0.465 e. The molecule has 1 aliphatic rings. The molecule has 0 radical (unpaired) electrons. The molecular formula is C15H28N2O4. The second-order valence-electron chi connectivity index (χ2n) is 5.73. The van der Waals surface area contributed by atoms with Gasteiger partial charge in [-0.2, -0.15) is 0 Å². The van der Waals surface area contributed by atoms with Crippen molar-refractivity contribution in [2.75, 3.05) is 39.4 Å². The van der Waals surface area contributed by atoms with Gasteiger partial charge in [0.05, 0.1) is 12.7 Å². The van der Waals surface area contributed by atoms with Crippen molar-refractivity contribution >= 4 is 11.9 Å². The third-order valence-electron chi connectivity index (χ3n) is 3.29. The maximum atomic E-state index is 12.2. The van der Waals surface area contributed by atoms with Crippen LogP contribution in [0.15, 0.2) is 0 Å². The van der Waals surface area contributed by atoms with Crippen LogP contribution in [0.1, 0.15) is 33.6 Å². The predicted octanol–water partition coefficient (Wildman–Crippen LogP) is 0.803. The van der Waals surface area contributed by atoms with Gasteiger partial charge >= 0.3 is 5.97 Å². The fourth-order valence-corrected chi connectivity index (χ4v) is 2.30. The lowest BCUT2D eigenvalue weighted by molar-refractivity contribution is -0.151. The van der Waals surface area contributed by atoms with Gasteiger partial charge in [-0.15, -0.1) is 0 Å². The molecule has 1 rings (SSSR count).